The second kappa shape index (κ2) is 6.05. The topological polar surface area (TPSA) is 71.1 Å². The van der Waals surface area contributed by atoms with Crippen LogP contribution >= 0.6 is 11.8 Å². The summed E-state index contributed by atoms with van der Waals surface area (Å²) in [5, 5.41) is 5.63. The highest BCUT2D eigenvalue weighted by molar-refractivity contribution is 8.01. The molecule has 2 N–H and O–H groups in total. The fraction of sp³-hybridized carbons (Fsp3) is 0.533. The molecule has 0 aromatic carbocycles. The molecular weight excluding hydrogens is 286 g/mol. The van der Waals surface area contributed by atoms with Gasteiger partial charge >= 0.3 is 0 Å². The van der Waals surface area contributed by atoms with Crippen LogP contribution in [0.25, 0.3) is 0 Å². The first-order chi connectivity index (χ1) is 9.79. The molecule has 1 saturated heterocycles. The largest absolute Gasteiger partial charge is 0.350 e. The molecule has 1 aliphatic rings. The number of carbonyl (C=O) groups is 2. The average molecular weight is 307 g/mol. The van der Waals surface area contributed by atoms with E-state index in [0.29, 0.717) is 12.3 Å². The Hall–Kier alpha value is -1.56. The lowest BCUT2D eigenvalue weighted by atomic mass is 10.1. The Kier molecular flexibility index (Phi) is 4.56. The van der Waals surface area contributed by atoms with Gasteiger partial charge in [0.1, 0.15) is 6.04 Å². The molecule has 0 spiro atoms. The molecule has 1 fully saturated rings. The highest BCUT2D eigenvalue weighted by Gasteiger charge is 2.37. The second-order valence-corrected chi connectivity index (χ2v) is 7.45. The Labute approximate surface area is 129 Å². The zero-order valence-electron chi connectivity index (χ0n) is 12.8. The van der Waals surface area contributed by atoms with Crippen LogP contribution in [0.3, 0.4) is 0 Å². The van der Waals surface area contributed by atoms with Crippen molar-refractivity contribution < 1.29 is 9.59 Å². The lowest BCUT2D eigenvalue weighted by molar-refractivity contribution is -0.129. The van der Waals surface area contributed by atoms with E-state index in [0.717, 1.165) is 16.8 Å². The number of aromatic nitrogens is 1. The number of aryl methyl sites for hydroxylation is 2. The summed E-state index contributed by atoms with van der Waals surface area (Å²) in [6.45, 7) is 8.10. The molecule has 5 nitrogen and oxygen atoms in total. The number of rotatable bonds is 3. The number of amides is 2. The maximum atomic E-state index is 12.1. The standard InChI is InChI=1S/C15H21N3O2S/c1-9-5-11(6-16-10(9)2)7-17-13(19)12-8-21-15(3,4)14(20)18-12/h5-6,12H,7-8H2,1-4H3,(H,17,19)(H,18,20)/t12-/m1/s1. The second-order valence-electron chi connectivity index (χ2n) is 5.81. The Bertz CT molecular complexity index is 572. The third kappa shape index (κ3) is 3.75. The molecule has 1 aromatic heterocycles. The first-order valence-corrected chi connectivity index (χ1v) is 7.93. The van der Waals surface area contributed by atoms with Crippen LogP contribution in [-0.4, -0.2) is 33.3 Å². The van der Waals surface area contributed by atoms with Gasteiger partial charge in [-0.05, 0) is 38.8 Å². The molecular formula is C15H21N3O2S. The summed E-state index contributed by atoms with van der Waals surface area (Å²) in [7, 11) is 0. The fourth-order valence-electron chi connectivity index (χ4n) is 1.98. The van der Waals surface area contributed by atoms with Gasteiger partial charge in [-0.2, -0.15) is 0 Å². The van der Waals surface area contributed by atoms with Gasteiger partial charge in [0, 0.05) is 24.2 Å². The monoisotopic (exact) mass is 307 g/mol. The molecule has 2 heterocycles. The van der Waals surface area contributed by atoms with Crippen LogP contribution in [0, 0.1) is 13.8 Å². The van der Waals surface area contributed by atoms with Crippen molar-refractivity contribution in [3.8, 4) is 0 Å². The molecule has 2 rings (SSSR count). The molecule has 0 saturated carbocycles. The van der Waals surface area contributed by atoms with Crippen LogP contribution in [0.15, 0.2) is 12.3 Å². The van der Waals surface area contributed by atoms with E-state index in [2.05, 4.69) is 15.6 Å². The molecule has 0 radical (unpaired) electrons. The molecule has 114 valence electrons. The molecule has 1 atom stereocenters. The van der Waals surface area contributed by atoms with E-state index >= 15 is 0 Å². The highest BCUT2D eigenvalue weighted by Crippen LogP contribution is 2.28. The highest BCUT2D eigenvalue weighted by atomic mass is 32.2. The minimum atomic E-state index is -0.464. The van der Waals surface area contributed by atoms with E-state index in [4.69, 9.17) is 0 Å². The van der Waals surface area contributed by atoms with Crippen molar-refractivity contribution in [1.82, 2.24) is 15.6 Å². The smallest absolute Gasteiger partial charge is 0.243 e. The first kappa shape index (κ1) is 15.8. The molecule has 21 heavy (non-hydrogen) atoms. The van der Waals surface area contributed by atoms with Gasteiger partial charge in [0.2, 0.25) is 11.8 Å². The van der Waals surface area contributed by atoms with Crippen LogP contribution < -0.4 is 10.6 Å². The normalized spacial score (nSPS) is 20.8. The van der Waals surface area contributed by atoms with E-state index in [9.17, 15) is 9.59 Å². The van der Waals surface area contributed by atoms with Gasteiger partial charge in [-0.25, -0.2) is 0 Å². The van der Waals surface area contributed by atoms with Crippen molar-refractivity contribution >= 4 is 23.6 Å². The first-order valence-electron chi connectivity index (χ1n) is 6.94. The number of nitrogens with one attached hydrogen (secondary N) is 2. The number of thioether (sulfide) groups is 1. The van der Waals surface area contributed by atoms with Crippen LogP contribution in [0.2, 0.25) is 0 Å². The predicted molar refractivity (Wildman–Crippen MR) is 84.0 cm³/mol. The summed E-state index contributed by atoms with van der Waals surface area (Å²) in [6, 6.07) is 1.55. The van der Waals surface area contributed by atoms with E-state index < -0.39 is 10.8 Å². The lowest BCUT2D eigenvalue weighted by Crippen LogP contribution is -2.57. The third-order valence-electron chi connectivity index (χ3n) is 3.64. The number of nitrogens with zero attached hydrogens (tertiary/aromatic N) is 1. The molecule has 1 aromatic rings. The van der Waals surface area contributed by atoms with Gasteiger partial charge in [0.15, 0.2) is 0 Å². The number of carbonyl (C=O) groups excluding carboxylic acids is 2. The lowest BCUT2D eigenvalue weighted by Gasteiger charge is -2.32. The molecule has 2 amide bonds. The maximum absolute atomic E-state index is 12.1. The van der Waals surface area contributed by atoms with Crippen molar-refractivity contribution in [3.63, 3.8) is 0 Å². The van der Waals surface area contributed by atoms with E-state index in [1.165, 1.54) is 11.8 Å². The van der Waals surface area contributed by atoms with Gasteiger partial charge in [-0.3, -0.25) is 14.6 Å². The third-order valence-corrected chi connectivity index (χ3v) is 5.05. The number of hydrogen-bond acceptors (Lipinski definition) is 4. The van der Waals surface area contributed by atoms with Crippen LogP contribution in [0.5, 0.6) is 0 Å². The summed E-state index contributed by atoms with van der Waals surface area (Å²) in [6.07, 6.45) is 1.76. The summed E-state index contributed by atoms with van der Waals surface area (Å²) < 4.78 is -0.464. The fourth-order valence-corrected chi connectivity index (χ4v) is 2.99. The van der Waals surface area contributed by atoms with Crippen LogP contribution in [-0.2, 0) is 16.1 Å². The van der Waals surface area contributed by atoms with Crippen molar-refractivity contribution in [2.24, 2.45) is 0 Å². The van der Waals surface area contributed by atoms with E-state index in [-0.39, 0.29) is 11.8 Å². The van der Waals surface area contributed by atoms with Gasteiger partial charge in [-0.1, -0.05) is 6.07 Å². The molecule has 6 heteroatoms. The summed E-state index contributed by atoms with van der Waals surface area (Å²) in [5.41, 5.74) is 3.05. The summed E-state index contributed by atoms with van der Waals surface area (Å²) >= 11 is 1.51. The average Bonchev–Trinajstić information content (AvgIpc) is 2.43. The van der Waals surface area contributed by atoms with Crippen molar-refractivity contribution in [2.75, 3.05) is 5.75 Å². The predicted octanol–water partition coefficient (Wildman–Crippen LogP) is 1.32. The zero-order chi connectivity index (χ0) is 15.6. The van der Waals surface area contributed by atoms with Crippen molar-refractivity contribution in [1.29, 1.82) is 0 Å². The SMILES string of the molecule is Cc1cc(CNC(=O)[C@H]2CSC(C)(C)C(=O)N2)cnc1C. The summed E-state index contributed by atoms with van der Waals surface area (Å²) in [4.78, 5) is 28.3. The molecule has 0 aliphatic carbocycles. The van der Waals surface area contributed by atoms with Gasteiger partial charge in [0.25, 0.3) is 0 Å². The Morgan fingerprint density at radius 3 is 2.86 bits per heavy atom. The van der Waals surface area contributed by atoms with Crippen molar-refractivity contribution in [3.05, 3.63) is 29.1 Å². The van der Waals surface area contributed by atoms with Gasteiger partial charge in [-0.15, -0.1) is 11.8 Å². The quantitative estimate of drug-likeness (QED) is 0.883. The number of pyridine rings is 1. The maximum Gasteiger partial charge on any atom is 0.243 e. The Morgan fingerprint density at radius 1 is 1.52 bits per heavy atom. The van der Waals surface area contributed by atoms with E-state index in [1.807, 2.05) is 33.8 Å². The Balaban J connectivity index is 1.90. The number of hydrogen-bond donors (Lipinski definition) is 2. The van der Waals surface area contributed by atoms with Crippen LogP contribution in [0.1, 0.15) is 30.7 Å². The molecule has 1 aliphatic heterocycles. The van der Waals surface area contributed by atoms with Gasteiger partial charge < -0.3 is 10.6 Å². The van der Waals surface area contributed by atoms with Gasteiger partial charge in [0.05, 0.1) is 4.75 Å². The van der Waals surface area contributed by atoms with Crippen molar-refractivity contribution in [2.45, 2.75) is 45.0 Å². The van der Waals surface area contributed by atoms with Crippen LogP contribution in [0.4, 0.5) is 0 Å². The van der Waals surface area contributed by atoms with E-state index in [1.54, 1.807) is 6.20 Å². The zero-order valence-corrected chi connectivity index (χ0v) is 13.6. The molecule has 0 bridgehead atoms. The summed E-state index contributed by atoms with van der Waals surface area (Å²) in [5.74, 6) is 0.353. The minimum Gasteiger partial charge on any atom is -0.350 e. The minimum absolute atomic E-state index is 0.0910. The Morgan fingerprint density at radius 2 is 2.24 bits per heavy atom. The molecule has 0 unspecified atom stereocenters.